The molecule has 0 spiro atoms. The summed E-state index contributed by atoms with van der Waals surface area (Å²) in [6, 6.07) is 4.14. The Balaban J connectivity index is 2.06. The maximum absolute atomic E-state index is 4.36. The van der Waals surface area contributed by atoms with E-state index in [2.05, 4.69) is 40.2 Å². The number of imidazole rings is 1. The molecular formula is C14H21N5. The first-order valence-corrected chi connectivity index (χ1v) is 6.53. The van der Waals surface area contributed by atoms with E-state index in [0.29, 0.717) is 0 Å². The fourth-order valence-corrected chi connectivity index (χ4v) is 1.90. The van der Waals surface area contributed by atoms with Gasteiger partial charge in [-0.15, -0.1) is 0 Å². The second kappa shape index (κ2) is 6.33. The van der Waals surface area contributed by atoms with Crippen LogP contribution in [0.15, 0.2) is 30.7 Å². The number of hydrogen-bond acceptors (Lipinski definition) is 4. The van der Waals surface area contributed by atoms with Crippen LogP contribution in [-0.2, 0) is 20.1 Å². The highest BCUT2D eigenvalue weighted by molar-refractivity contribution is 5.45. The Bertz CT molecular complexity index is 520. The molecule has 19 heavy (non-hydrogen) atoms. The van der Waals surface area contributed by atoms with Gasteiger partial charge in [0.05, 0.1) is 12.2 Å². The molecule has 0 saturated heterocycles. The molecule has 2 aromatic heterocycles. The van der Waals surface area contributed by atoms with Gasteiger partial charge in [0, 0.05) is 44.9 Å². The van der Waals surface area contributed by atoms with E-state index in [0.717, 1.165) is 36.8 Å². The Hall–Kier alpha value is -1.88. The van der Waals surface area contributed by atoms with E-state index in [1.165, 1.54) is 0 Å². The Morgan fingerprint density at radius 1 is 1.32 bits per heavy atom. The summed E-state index contributed by atoms with van der Waals surface area (Å²) in [6.45, 7) is 4.64. The smallest absolute Gasteiger partial charge is 0.127 e. The van der Waals surface area contributed by atoms with E-state index in [-0.39, 0.29) is 0 Å². The molecule has 1 N–H and O–H groups in total. The highest BCUT2D eigenvalue weighted by Gasteiger charge is 2.06. The van der Waals surface area contributed by atoms with Crippen molar-refractivity contribution in [2.24, 2.45) is 7.05 Å². The Kier molecular flexibility index (Phi) is 4.52. The summed E-state index contributed by atoms with van der Waals surface area (Å²) in [5, 5.41) is 3.29. The molecule has 2 rings (SSSR count). The maximum Gasteiger partial charge on any atom is 0.127 e. The molecular weight excluding hydrogens is 238 g/mol. The molecule has 0 saturated carbocycles. The van der Waals surface area contributed by atoms with Gasteiger partial charge in [-0.25, -0.2) is 4.98 Å². The molecule has 0 aliphatic carbocycles. The minimum absolute atomic E-state index is 0.786. The van der Waals surface area contributed by atoms with Crippen LogP contribution < -0.4 is 10.2 Å². The molecule has 2 heterocycles. The Morgan fingerprint density at radius 2 is 2.16 bits per heavy atom. The SMILES string of the molecule is CCNCc1cc(N(C)Cc2nccn2C)ccn1. The monoisotopic (exact) mass is 259 g/mol. The molecule has 0 amide bonds. The van der Waals surface area contributed by atoms with E-state index < -0.39 is 0 Å². The van der Waals surface area contributed by atoms with Crippen molar-refractivity contribution in [2.45, 2.75) is 20.0 Å². The van der Waals surface area contributed by atoms with Crippen molar-refractivity contribution in [3.63, 3.8) is 0 Å². The zero-order valence-electron chi connectivity index (χ0n) is 11.8. The van der Waals surface area contributed by atoms with Gasteiger partial charge in [-0.2, -0.15) is 0 Å². The second-order valence-electron chi connectivity index (χ2n) is 4.60. The van der Waals surface area contributed by atoms with Gasteiger partial charge in [-0.05, 0) is 18.7 Å². The first-order valence-electron chi connectivity index (χ1n) is 6.53. The number of anilines is 1. The fourth-order valence-electron chi connectivity index (χ4n) is 1.90. The molecule has 0 atom stereocenters. The molecule has 0 aliphatic heterocycles. The molecule has 5 heteroatoms. The predicted octanol–water partition coefficient (Wildman–Crippen LogP) is 1.56. The molecule has 0 unspecified atom stereocenters. The first kappa shape index (κ1) is 13.5. The topological polar surface area (TPSA) is 46.0 Å². The van der Waals surface area contributed by atoms with Crippen molar-refractivity contribution in [3.8, 4) is 0 Å². The van der Waals surface area contributed by atoms with Gasteiger partial charge in [0.15, 0.2) is 0 Å². The van der Waals surface area contributed by atoms with Crippen LogP contribution in [0.4, 0.5) is 5.69 Å². The van der Waals surface area contributed by atoms with Gasteiger partial charge >= 0.3 is 0 Å². The Morgan fingerprint density at radius 3 is 2.84 bits per heavy atom. The van der Waals surface area contributed by atoms with Crippen molar-refractivity contribution >= 4 is 5.69 Å². The normalized spacial score (nSPS) is 10.7. The van der Waals surface area contributed by atoms with Crippen molar-refractivity contribution in [2.75, 3.05) is 18.5 Å². The summed E-state index contributed by atoms with van der Waals surface area (Å²) in [4.78, 5) is 10.9. The van der Waals surface area contributed by atoms with Crippen LogP contribution in [0.3, 0.4) is 0 Å². The third-order valence-corrected chi connectivity index (χ3v) is 3.10. The number of hydrogen-bond donors (Lipinski definition) is 1. The summed E-state index contributed by atoms with van der Waals surface area (Å²) in [5.41, 5.74) is 2.22. The van der Waals surface area contributed by atoms with Gasteiger partial charge in [0.1, 0.15) is 5.82 Å². The third kappa shape index (κ3) is 3.54. The van der Waals surface area contributed by atoms with Gasteiger partial charge in [0.2, 0.25) is 0 Å². The largest absolute Gasteiger partial charge is 0.367 e. The van der Waals surface area contributed by atoms with Crippen LogP contribution in [0, 0.1) is 0 Å². The highest BCUT2D eigenvalue weighted by atomic mass is 15.2. The minimum atomic E-state index is 0.786. The first-order chi connectivity index (χ1) is 9.20. The molecule has 2 aromatic rings. The van der Waals surface area contributed by atoms with Crippen LogP contribution in [0.5, 0.6) is 0 Å². The molecule has 0 bridgehead atoms. The maximum atomic E-state index is 4.36. The van der Waals surface area contributed by atoms with E-state index in [9.17, 15) is 0 Å². The zero-order valence-corrected chi connectivity index (χ0v) is 11.8. The summed E-state index contributed by atoms with van der Waals surface area (Å²) >= 11 is 0. The number of nitrogens with zero attached hydrogens (tertiary/aromatic N) is 4. The van der Waals surface area contributed by atoms with Gasteiger partial charge in [-0.3, -0.25) is 4.98 Å². The van der Waals surface area contributed by atoms with Crippen LogP contribution in [0.1, 0.15) is 18.4 Å². The van der Waals surface area contributed by atoms with Crippen molar-refractivity contribution in [1.82, 2.24) is 19.9 Å². The van der Waals surface area contributed by atoms with Crippen LogP contribution in [0.25, 0.3) is 0 Å². The molecule has 0 radical (unpaired) electrons. The van der Waals surface area contributed by atoms with Gasteiger partial charge < -0.3 is 14.8 Å². The molecule has 102 valence electrons. The summed E-state index contributed by atoms with van der Waals surface area (Å²) in [6.07, 6.45) is 5.65. The van der Waals surface area contributed by atoms with E-state index in [1.807, 2.05) is 36.3 Å². The lowest BCUT2D eigenvalue weighted by atomic mass is 10.3. The number of rotatable bonds is 6. The van der Waals surface area contributed by atoms with Crippen LogP contribution in [-0.4, -0.2) is 28.1 Å². The Labute approximate surface area is 114 Å². The lowest BCUT2D eigenvalue weighted by Crippen LogP contribution is -2.20. The second-order valence-corrected chi connectivity index (χ2v) is 4.60. The number of aryl methyl sites for hydroxylation is 1. The van der Waals surface area contributed by atoms with Crippen LogP contribution in [0.2, 0.25) is 0 Å². The minimum Gasteiger partial charge on any atom is -0.367 e. The zero-order chi connectivity index (χ0) is 13.7. The lowest BCUT2D eigenvalue weighted by molar-refractivity contribution is 0.709. The number of aromatic nitrogens is 3. The standard InChI is InChI=1S/C14H21N5/c1-4-15-10-12-9-13(5-6-16-12)19(3)11-14-17-7-8-18(14)2/h5-9,15H,4,10-11H2,1-3H3. The van der Waals surface area contributed by atoms with Crippen molar-refractivity contribution < 1.29 is 0 Å². The van der Waals surface area contributed by atoms with Crippen molar-refractivity contribution in [3.05, 3.63) is 42.2 Å². The van der Waals surface area contributed by atoms with Gasteiger partial charge in [0.25, 0.3) is 0 Å². The average Bonchev–Trinajstić information content (AvgIpc) is 2.82. The number of nitrogens with one attached hydrogen (secondary N) is 1. The average molecular weight is 259 g/mol. The number of pyridine rings is 1. The van der Waals surface area contributed by atoms with E-state index >= 15 is 0 Å². The van der Waals surface area contributed by atoms with E-state index in [1.54, 1.807) is 0 Å². The molecule has 0 fully saturated rings. The quantitative estimate of drug-likeness (QED) is 0.855. The van der Waals surface area contributed by atoms with Crippen LogP contribution >= 0.6 is 0 Å². The molecule has 5 nitrogen and oxygen atoms in total. The lowest BCUT2D eigenvalue weighted by Gasteiger charge is -2.19. The summed E-state index contributed by atoms with van der Waals surface area (Å²) in [5.74, 6) is 1.05. The highest BCUT2D eigenvalue weighted by Crippen LogP contribution is 2.15. The molecule has 0 aromatic carbocycles. The predicted molar refractivity (Wildman–Crippen MR) is 76.9 cm³/mol. The third-order valence-electron chi connectivity index (χ3n) is 3.10. The summed E-state index contributed by atoms with van der Waals surface area (Å²) < 4.78 is 2.04. The van der Waals surface area contributed by atoms with E-state index in [4.69, 9.17) is 0 Å². The van der Waals surface area contributed by atoms with Gasteiger partial charge in [-0.1, -0.05) is 6.92 Å². The fraction of sp³-hybridized carbons (Fsp3) is 0.429. The van der Waals surface area contributed by atoms with Crippen molar-refractivity contribution in [1.29, 1.82) is 0 Å². The molecule has 0 aliphatic rings. The summed E-state index contributed by atoms with van der Waals surface area (Å²) in [7, 11) is 4.08.